The van der Waals surface area contributed by atoms with Crippen molar-refractivity contribution in [2.45, 2.75) is 56.0 Å². The number of sulfonamides is 1. The van der Waals surface area contributed by atoms with Gasteiger partial charge in [-0.05, 0) is 25.0 Å². The van der Waals surface area contributed by atoms with Crippen molar-refractivity contribution in [3.8, 4) is 0 Å². The van der Waals surface area contributed by atoms with Crippen LogP contribution in [0.15, 0.2) is 23.4 Å². The third-order valence-electron chi connectivity index (χ3n) is 3.48. The van der Waals surface area contributed by atoms with Crippen molar-refractivity contribution in [2.75, 3.05) is 5.73 Å². The summed E-state index contributed by atoms with van der Waals surface area (Å²) in [7, 11) is -3.60. The maximum atomic E-state index is 12.3. The lowest BCUT2D eigenvalue weighted by atomic mass is 9.97. The van der Waals surface area contributed by atoms with Gasteiger partial charge in [0.15, 0.2) is 5.03 Å². The van der Waals surface area contributed by atoms with E-state index in [-0.39, 0.29) is 16.8 Å². The van der Waals surface area contributed by atoms with Crippen LogP contribution in [0.2, 0.25) is 0 Å². The van der Waals surface area contributed by atoms with Gasteiger partial charge in [0.25, 0.3) is 10.0 Å². The molecule has 0 atom stereocenters. The zero-order chi connectivity index (χ0) is 13.7. The average molecular weight is 283 g/mol. The Balaban J connectivity index is 2.10. The smallest absolute Gasteiger partial charge is 0.260 e. The first kappa shape index (κ1) is 14.3. The maximum absolute atomic E-state index is 12.3. The SMILES string of the molecule is Nc1cccnc1S(=O)(=O)NC1CCCCCCC1. The number of hydrogen-bond acceptors (Lipinski definition) is 4. The molecule has 1 aliphatic rings. The van der Waals surface area contributed by atoms with Gasteiger partial charge in [0.2, 0.25) is 0 Å². The number of anilines is 1. The molecule has 0 aromatic carbocycles. The molecule has 3 N–H and O–H groups in total. The summed E-state index contributed by atoms with van der Waals surface area (Å²) in [6.45, 7) is 0. The molecule has 2 rings (SSSR count). The first-order valence-corrected chi connectivity index (χ1v) is 8.31. The average Bonchev–Trinajstić information content (AvgIpc) is 2.33. The molecular weight excluding hydrogens is 262 g/mol. The Morgan fingerprint density at radius 3 is 2.42 bits per heavy atom. The Kier molecular flexibility index (Phi) is 4.76. The van der Waals surface area contributed by atoms with Crippen molar-refractivity contribution in [1.82, 2.24) is 9.71 Å². The Morgan fingerprint density at radius 2 is 1.79 bits per heavy atom. The molecule has 0 bridgehead atoms. The van der Waals surface area contributed by atoms with E-state index in [0.29, 0.717) is 0 Å². The van der Waals surface area contributed by atoms with Crippen molar-refractivity contribution in [3.63, 3.8) is 0 Å². The van der Waals surface area contributed by atoms with Crippen LogP contribution in [-0.4, -0.2) is 19.4 Å². The lowest BCUT2D eigenvalue weighted by molar-refractivity contribution is 0.426. The van der Waals surface area contributed by atoms with Gasteiger partial charge in [0.05, 0.1) is 5.69 Å². The molecule has 6 heteroatoms. The van der Waals surface area contributed by atoms with Crippen LogP contribution in [0.4, 0.5) is 5.69 Å². The Hall–Kier alpha value is -1.14. The number of nitrogens with two attached hydrogens (primary N) is 1. The zero-order valence-electron chi connectivity index (χ0n) is 11.0. The summed E-state index contributed by atoms with van der Waals surface area (Å²) in [5, 5.41) is -0.0583. The fourth-order valence-electron chi connectivity index (χ4n) is 2.48. The Morgan fingerprint density at radius 1 is 1.16 bits per heavy atom. The molecule has 1 aromatic rings. The highest BCUT2D eigenvalue weighted by molar-refractivity contribution is 7.89. The highest BCUT2D eigenvalue weighted by atomic mass is 32.2. The minimum absolute atomic E-state index is 0.00621. The van der Waals surface area contributed by atoms with Crippen LogP contribution in [0.3, 0.4) is 0 Å². The molecule has 5 nitrogen and oxygen atoms in total. The largest absolute Gasteiger partial charge is 0.396 e. The number of rotatable bonds is 3. The first-order chi connectivity index (χ1) is 9.09. The van der Waals surface area contributed by atoms with E-state index < -0.39 is 10.0 Å². The fraction of sp³-hybridized carbons (Fsp3) is 0.615. The molecule has 19 heavy (non-hydrogen) atoms. The highest BCUT2D eigenvalue weighted by Crippen LogP contribution is 2.20. The van der Waals surface area contributed by atoms with Crippen molar-refractivity contribution in [2.24, 2.45) is 0 Å². The van der Waals surface area contributed by atoms with Crippen LogP contribution in [0.1, 0.15) is 44.9 Å². The van der Waals surface area contributed by atoms with Crippen LogP contribution in [0.5, 0.6) is 0 Å². The summed E-state index contributed by atoms with van der Waals surface area (Å²) in [4.78, 5) is 3.88. The molecule has 0 saturated heterocycles. The predicted octanol–water partition coefficient (Wildman–Crippen LogP) is 2.05. The van der Waals surface area contributed by atoms with Crippen LogP contribution >= 0.6 is 0 Å². The van der Waals surface area contributed by atoms with Gasteiger partial charge in [-0.15, -0.1) is 0 Å². The maximum Gasteiger partial charge on any atom is 0.260 e. The summed E-state index contributed by atoms with van der Waals surface area (Å²) in [5.41, 5.74) is 5.88. The molecular formula is C13H21N3O2S. The van der Waals surface area contributed by atoms with E-state index in [1.165, 1.54) is 25.5 Å². The highest BCUT2D eigenvalue weighted by Gasteiger charge is 2.23. The second kappa shape index (κ2) is 6.34. The van der Waals surface area contributed by atoms with Gasteiger partial charge in [0, 0.05) is 12.2 Å². The molecule has 1 fully saturated rings. The molecule has 106 valence electrons. The van der Waals surface area contributed by atoms with E-state index in [9.17, 15) is 8.42 Å². The number of nitrogens with one attached hydrogen (secondary N) is 1. The van der Waals surface area contributed by atoms with Crippen LogP contribution < -0.4 is 10.5 Å². The minimum Gasteiger partial charge on any atom is -0.396 e. The van der Waals surface area contributed by atoms with Gasteiger partial charge in [-0.2, -0.15) is 0 Å². The predicted molar refractivity (Wildman–Crippen MR) is 75.1 cm³/mol. The monoisotopic (exact) mass is 283 g/mol. The molecule has 1 heterocycles. The zero-order valence-corrected chi connectivity index (χ0v) is 11.8. The number of pyridine rings is 1. The quantitative estimate of drug-likeness (QED) is 0.889. The molecule has 1 saturated carbocycles. The summed E-state index contributed by atoms with van der Waals surface area (Å²) >= 11 is 0. The second-order valence-corrected chi connectivity index (χ2v) is 6.69. The van der Waals surface area contributed by atoms with Crippen LogP contribution in [0, 0.1) is 0 Å². The summed E-state index contributed by atoms with van der Waals surface area (Å²) in [6, 6.07) is 3.19. The number of nitrogens with zero attached hydrogens (tertiary/aromatic N) is 1. The van der Waals surface area contributed by atoms with Gasteiger partial charge in [0.1, 0.15) is 0 Å². The standard InChI is InChI=1S/C13H21N3O2S/c14-12-9-6-10-15-13(12)19(17,18)16-11-7-4-2-1-3-5-8-11/h6,9-11,16H,1-5,7-8,14H2. The Bertz CT molecular complexity index is 508. The van der Waals surface area contributed by atoms with Gasteiger partial charge in [-0.1, -0.05) is 32.1 Å². The van der Waals surface area contributed by atoms with Crippen LogP contribution in [0.25, 0.3) is 0 Å². The molecule has 0 amide bonds. The van der Waals surface area contributed by atoms with E-state index in [0.717, 1.165) is 25.7 Å². The van der Waals surface area contributed by atoms with Crippen molar-refractivity contribution in [3.05, 3.63) is 18.3 Å². The van der Waals surface area contributed by atoms with E-state index in [2.05, 4.69) is 9.71 Å². The number of nitrogen functional groups attached to an aromatic ring is 1. The van der Waals surface area contributed by atoms with Crippen molar-refractivity contribution in [1.29, 1.82) is 0 Å². The summed E-state index contributed by atoms with van der Waals surface area (Å²) in [6.07, 6.45) is 9.01. The third-order valence-corrected chi connectivity index (χ3v) is 4.98. The van der Waals surface area contributed by atoms with E-state index >= 15 is 0 Å². The first-order valence-electron chi connectivity index (χ1n) is 6.82. The molecule has 0 spiro atoms. The van der Waals surface area contributed by atoms with Gasteiger partial charge >= 0.3 is 0 Å². The summed E-state index contributed by atoms with van der Waals surface area (Å²) in [5.74, 6) is 0. The lowest BCUT2D eigenvalue weighted by Crippen LogP contribution is -2.36. The fourth-order valence-corrected chi connectivity index (χ4v) is 3.84. The topological polar surface area (TPSA) is 85.1 Å². The summed E-state index contributed by atoms with van der Waals surface area (Å²) < 4.78 is 27.3. The number of aromatic nitrogens is 1. The van der Waals surface area contributed by atoms with Crippen LogP contribution in [-0.2, 0) is 10.0 Å². The lowest BCUT2D eigenvalue weighted by Gasteiger charge is -2.20. The van der Waals surface area contributed by atoms with Gasteiger partial charge in [-0.3, -0.25) is 0 Å². The van der Waals surface area contributed by atoms with E-state index in [1.807, 2.05) is 0 Å². The second-order valence-electron chi connectivity index (χ2n) is 5.06. The number of hydrogen-bond donors (Lipinski definition) is 2. The van der Waals surface area contributed by atoms with Crippen molar-refractivity contribution >= 4 is 15.7 Å². The molecule has 0 aliphatic heterocycles. The molecule has 0 unspecified atom stereocenters. The van der Waals surface area contributed by atoms with Gasteiger partial charge in [-0.25, -0.2) is 18.1 Å². The van der Waals surface area contributed by atoms with Crippen molar-refractivity contribution < 1.29 is 8.42 Å². The Labute approximate surface area is 114 Å². The van der Waals surface area contributed by atoms with E-state index in [4.69, 9.17) is 5.73 Å². The third kappa shape index (κ3) is 3.91. The molecule has 0 radical (unpaired) electrons. The molecule has 1 aromatic heterocycles. The minimum atomic E-state index is -3.60. The van der Waals surface area contributed by atoms with Gasteiger partial charge < -0.3 is 5.73 Å². The normalized spacial score (nSPS) is 18.7. The molecule has 1 aliphatic carbocycles. The van der Waals surface area contributed by atoms with E-state index in [1.54, 1.807) is 12.1 Å².